The summed E-state index contributed by atoms with van der Waals surface area (Å²) in [5.41, 5.74) is 1.60. The lowest BCUT2D eigenvalue weighted by Gasteiger charge is -2.07. The fourth-order valence-electron chi connectivity index (χ4n) is 1.50. The Hall–Kier alpha value is -1.38. The molecule has 1 aliphatic rings. The Labute approximate surface area is 77.1 Å². The molecule has 1 unspecified atom stereocenters. The van der Waals surface area contributed by atoms with E-state index in [1.54, 1.807) is 6.08 Å². The van der Waals surface area contributed by atoms with Crippen LogP contribution in [0.2, 0.25) is 0 Å². The first-order valence-electron chi connectivity index (χ1n) is 4.13. The van der Waals surface area contributed by atoms with Crippen molar-refractivity contribution in [3.8, 4) is 0 Å². The summed E-state index contributed by atoms with van der Waals surface area (Å²) in [6, 6.07) is 0. The molecule has 1 atom stereocenters. The molecule has 0 aromatic rings. The van der Waals surface area contributed by atoms with Crippen LogP contribution in [0.5, 0.6) is 0 Å². The van der Waals surface area contributed by atoms with Gasteiger partial charge >= 0.3 is 0 Å². The van der Waals surface area contributed by atoms with Crippen molar-refractivity contribution in [3.05, 3.63) is 23.8 Å². The molecule has 0 aromatic carbocycles. The predicted octanol–water partition coefficient (Wildman–Crippen LogP) is 1.39. The Morgan fingerprint density at radius 3 is 2.92 bits per heavy atom. The maximum atomic E-state index is 11.4. The maximum Gasteiger partial charge on any atom is 0.293 e. The molecular weight excluding hydrogens is 168 g/mol. The minimum Gasteiger partial charge on any atom is -0.460 e. The molecule has 0 spiro atoms. The number of ether oxygens (including phenoxy) is 1. The number of allylic oxidation sites excluding steroid dienone is 2. The van der Waals surface area contributed by atoms with Gasteiger partial charge in [-0.1, -0.05) is 6.08 Å². The van der Waals surface area contributed by atoms with Crippen LogP contribution in [0.15, 0.2) is 23.8 Å². The molecule has 0 aromatic heterocycles. The lowest BCUT2D eigenvalue weighted by atomic mass is 10.1. The van der Waals surface area contributed by atoms with E-state index in [4.69, 9.17) is 4.74 Å². The van der Waals surface area contributed by atoms with Gasteiger partial charge in [0.2, 0.25) is 0 Å². The third kappa shape index (κ3) is 1.86. The fourth-order valence-corrected chi connectivity index (χ4v) is 1.50. The van der Waals surface area contributed by atoms with Gasteiger partial charge in [0, 0.05) is 5.57 Å². The first kappa shape index (κ1) is 9.71. The molecule has 1 aliphatic carbocycles. The number of rotatable bonds is 4. The smallest absolute Gasteiger partial charge is 0.293 e. The van der Waals surface area contributed by atoms with E-state index in [-0.39, 0.29) is 18.3 Å². The van der Waals surface area contributed by atoms with E-state index in [1.807, 2.05) is 6.92 Å². The summed E-state index contributed by atoms with van der Waals surface area (Å²) in [4.78, 5) is 21.5. The first-order valence-corrected chi connectivity index (χ1v) is 4.13. The Balaban J connectivity index is 2.82. The molecule has 0 saturated heterocycles. The molecule has 13 heavy (non-hydrogen) atoms. The Kier molecular flexibility index (Phi) is 3.01. The third-order valence-corrected chi connectivity index (χ3v) is 2.23. The largest absolute Gasteiger partial charge is 0.460 e. The van der Waals surface area contributed by atoms with E-state index >= 15 is 0 Å². The zero-order valence-corrected chi connectivity index (χ0v) is 7.58. The van der Waals surface area contributed by atoms with Crippen LogP contribution in [0.3, 0.4) is 0 Å². The lowest BCUT2D eigenvalue weighted by Crippen LogP contribution is -2.10. The van der Waals surface area contributed by atoms with Gasteiger partial charge in [-0.05, 0) is 18.9 Å². The van der Waals surface area contributed by atoms with Crippen molar-refractivity contribution in [1.29, 1.82) is 0 Å². The quantitative estimate of drug-likeness (QED) is 0.485. The normalized spacial score (nSPS) is 21.9. The summed E-state index contributed by atoms with van der Waals surface area (Å²) in [6.45, 7) is 5.77. The maximum absolute atomic E-state index is 11.4. The summed E-state index contributed by atoms with van der Waals surface area (Å²) in [7, 11) is 0. The Morgan fingerprint density at radius 1 is 1.69 bits per heavy atom. The number of hydrogen-bond donors (Lipinski definition) is 0. The number of ketones is 1. The molecule has 0 heterocycles. The molecule has 1 rings (SSSR count). The summed E-state index contributed by atoms with van der Waals surface area (Å²) in [5, 5.41) is 0. The molecule has 0 saturated carbocycles. The molecule has 3 nitrogen and oxygen atoms in total. The van der Waals surface area contributed by atoms with Gasteiger partial charge in [0.15, 0.2) is 5.78 Å². The van der Waals surface area contributed by atoms with Crippen molar-refractivity contribution in [3.63, 3.8) is 0 Å². The van der Waals surface area contributed by atoms with Gasteiger partial charge in [-0.15, -0.1) is 6.58 Å². The second kappa shape index (κ2) is 4.03. The van der Waals surface area contributed by atoms with Gasteiger partial charge in [0.05, 0.1) is 6.42 Å². The van der Waals surface area contributed by atoms with Crippen molar-refractivity contribution >= 4 is 12.3 Å². The van der Waals surface area contributed by atoms with E-state index < -0.39 is 0 Å². The molecule has 0 radical (unpaired) electrons. The van der Waals surface area contributed by atoms with E-state index in [0.29, 0.717) is 12.9 Å². The molecular formula is C10H12O3. The standard InChI is InChI=1S/C10H12O3/c1-3-4-8-7(2)10(13-6-11)5-9(8)12/h3,6,10H,1,4-5H2,2H3. The average Bonchev–Trinajstić information content (AvgIpc) is 2.34. The van der Waals surface area contributed by atoms with Crippen LogP contribution in [0.4, 0.5) is 0 Å². The Bertz CT molecular complexity index is 276. The van der Waals surface area contributed by atoms with Crippen molar-refractivity contribution in [2.45, 2.75) is 25.9 Å². The second-order valence-electron chi connectivity index (χ2n) is 3.00. The van der Waals surface area contributed by atoms with Crippen molar-refractivity contribution in [2.24, 2.45) is 0 Å². The summed E-state index contributed by atoms with van der Waals surface area (Å²) < 4.78 is 4.77. The number of Topliss-reactive ketones (excluding diaryl/α,β-unsaturated/α-hetero) is 1. The molecule has 0 N–H and O–H groups in total. The summed E-state index contributed by atoms with van der Waals surface area (Å²) in [6.07, 6.45) is 2.18. The van der Waals surface area contributed by atoms with Crippen LogP contribution in [-0.2, 0) is 14.3 Å². The van der Waals surface area contributed by atoms with Crippen LogP contribution >= 0.6 is 0 Å². The van der Waals surface area contributed by atoms with Gasteiger partial charge in [-0.2, -0.15) is 0 Å². The van der Waals surface area contributed by atoms with E-state index in [2.05, 4.69) is 6.58 Å². The molecule has 70 valence electrons. The first-order chi connectivity index (χ1) is 6.20. The fraction of sp³-hybridized carbons (Fsp3) is 0.400. The molecule has 0 aliphatic heterocycles. The predicted molar refractivity (Wildman–Crippen MR) is 48.1 cm³/mol. The van der Waals surface area contributed by atoms with E-state index in [1.165, 1.54) is 0 Å². The summed E-state index contributed by atoms with van der Waals surface area (Å²) in [5.74, 6) is 0.0595. The van der Waals surface area contributed by atoms with Gasteiger partial charge in [0.25, 0.3) is 6.47 Å². The van der Waals surface area contributed by atoms with Gasteiger partial charge in [-0.3, -0.25) is 9.59 Å². The van der Waals surface area contributed by atoms with Gasteiger partial charge in [-0.25, -0.2) is 0 Å². The number of carbonyl (C=O) groups is 2. The van der Waals surface area contributed by atoms with Crippen LogP contribution in [-0.4, -0.2) is 18.4 Å². The highest BCUT2D eigenvalue weighted by Gasteiger charge is 2.29. The minimum atomic E-state index is -0.347. The number of hydrogen-bond acceptors (Lipinski definition) is 3. The zero-order chi connectivity index (χ0) is 9.84. The highest BCUT2D eigenvalue weighted by Crippen LogP contribution is 2.27. The molecule has 0 amide bonds. The van der Waals surface area contributed by atoms with Crippen molar-refractivity contribution < 1.29 is 14.3 Å². The van der Waals surface area contributed by atoms with Gasteiger partial charge in [0.1, 0.15) is 6.10 Å². The van der Waals surface area contributed by atoms with E-state index in [9.17, 15) is 9.59 Å². The van der Waals surface area contributed by atoms with E-state index in [0.717, 1.165) is 11.1 Å². The number of carbonyl (C=O) groups excluding carboxylic acids is 2. The second-order valence-corrected chi connectivity index (χ2v) is 3.00. The summed E-state index contributed by atoms with van der Waals surface area (Å²) >= 11 is 0. The minimum absolute atomic E-state index is 0.0595. The Morgan fingerprint density at radius 2 is 2.38 bits per heavy atom. The SMILES string of the molecule is C=CCC1=C(C)C(OC=O)CC1=O. The van der Waals surface area contributed by atoms with Crippen LogP contribution in [0.25, 0.3) is 0 Å². The molecule has 0 bridgehead atoms. The third-order valence-electron chi connectivity index (χ3n) is 2.23. The van der Waals surface area contributed by atoms with Crippen LogP contribution in [0.1, 0.15) is 19.8 Å². The highest BCUT2D eigenvalue weighted by molar-refractivity contribution is 5.99. The average molecular weight is 180 g/mol. The monoisotopic (exact) mass is 180 g/mol. The molecule has 3 heteroatoms. The van der Waals surface area contributed by atoms with Crippen LogP contribution < -0.4 is 0 Å². The van der Waals surface area contributed by atoms with Crippen molar-refractivity contribution in [1.82, 2.24) is 0 Å². The highest BCUT2D eigenvalue weighted by atomic mass is 16.5. The molecule has 0 fully saturated rings. The van der Waals surface area contributed by atoms with Crippen molar-refractivity contribution in [2.75, 3.05) is 0 Å². The lowest BCUT2D eigenvalue weighted by molar-refractivity contribution is -0.132. The zero-order valence-electron chi connectivity index (χ0n) is 7.58. The topological polar surface area (TPSA) is 43.4 Å². The van der Waals surface area contributed by atoms with Crippen LogP contribution in [0, 0.1) is 0 Å². The van der Waals surface area contributed by atoms with Gasteiger partial charge < -0.3 is 4.74 Å².